The summed E-state index contributed by atoms with van der Waals surface area (Å²) in [5.74, 6) is -0.493. The number of hydrogen-bond donors (Lipinski definition) is 1. The van der Waals surface area contributed by atoms with Crippen LogP contribution in [0, 0.1) is 13.8 Å². The highest BCUT2D eigenvalue weighted by atomic mass is 35.5. The fraction of sp³-hybridized carbons (Fsp3) is 0.211. The molecule has 26 heavy (non-hydrogen) atoms. The van der Waals surface area contributed by atoms with Crippen molar-refractivity contribution in [1.29, 1.82) is 0 Å². The highest BCUT2D eigenvalue weighted by Gasteiger charge is 2.20. The molecular formula is C19H20ClN3O2S. The van der Waals surface area contributed by atoms with Gasteiger partial charge in [0.25, 0.3) is 5.91 Å². The molecule has 0 aliphatic carbocycles. The molecule has 3 heterocycles. The number of Topliss-reactive ketones (excluding diaryl/α,β-unsaturated/α-hetero) is 1. The molecule has 0 spiro atoms. The molecule has 0 saturated heterocycles. The van der Waals surface area contributed by atoms with Gasteiger partial charge >= 0.3 is 0 Å². The van der Waals surface area contributed by atoms with Crippen LogP contribution in [0.15, 0.2) is 48.1 Å². The number of halogens is 1. The lowest BCUT2D eigenvalue weighted by Gasteiger charge is -2.08. The molecule has 0 unspecified atom stereocenters. The molecule has 0 atom stereocenters. The number of ketones is 1. The summed E-state index contributed by atoms with van der Waals surface area (Å²) in [5, 5.41) is 2.05. The molecule has 0 aromatic carbocycles. The highest BCUT2D eigenvalue weighted by Crippen LogP contribution is 2.19. The molecule has 3 rings (SSSR count). The van der Waals surface area contributed by atoms with Crippen LogP contribution >= 0.6 is 11.3 Å². The van der Waals surface area contributed by atoms with E-state index >= 15 is 0 Å². The maximum Gasteiger partial charge on any atom is 0.254 e. The molecule has 0 saturated carbocycles. The third-order valence-corrected chi connectivity index (χ3v) is 5.10. The normalized spacial score (nSPS) is 10.4. The van der Waals surface area contributed by atoms with Gasteiger partial charge in [0.15, 0.2) is 12.4 Å². The second-order valence-corrected chi connectivity index (χ2v) is 7.03. The van der Waals surface area contributed by atoms with E-state index in [2.05, 4.69) is 16.0 Å². The zero-order chi connectivity index (χ0) is 18.0. The molecule has 0 aliphatic heterocycles. The zero-order valence-corrected chi connectivity index (χ0v) is 16.2. The number of amides is 1. The summed E-state index contributed by atoms with van der Waals surface area (Å²) in [7, 11) is 0. The molecule has 0 radical (unpaired) electrons. The van der Waals surface area contributed by atoms with Crippen molar-refractivity contribution >= 4 is 23.0 Å². The summed E-state index contributed by atoms with van der Waals surface area (Å²) in [6.07, 6.45) is 3.36. The van der Waals surface area contributed by atoms with Gasteiger partial charge < -0.3 is 22.7 Å². The van der Waals surface area contributed by atoms with Crippen molar-refractivity contribution in [2.24, 2.45) is 5.73 Å². The first-order valence-electron chi connectivity index (χ1n) is 7.97. The van der Waals surface area contributed by atoms with E-state index in [4.69, 9.17) is 5.73 Å². The van der Waals surface area contributed by atoms with Crippen molar-refractivity contribution in [3.8, 4) is 0 Å². The van der Waals surface area contributed by atoms with Gasteiger partial charge in [0.1, 0.15) is 5.56 Å². The molecule has 5 nitrogen and oxygen atoms in total. The molecule has 7 heteroatoms. The standard InChI is InChI=1S/C19H19N3O2S.ClH/c1-13-9-17(14(2)22(13)11-16-6-4-8-25-16)18(23)12-21-7-3-5-15(10-21)19(20)24;/h3-10H,11-12H2,1-2H3,(H-,20,24);1H. The molecule has 0 aliphatic rings. The number of primary amides is 1. The number of nitrogens with two attached hydrogens (primary N) is 1. The van der Waals surface area contributed by atoms with E-state index in [0.717, 1.165) is 17.9 Å². The smallest absolute Gasteiger partial charge is 0.254 e. The van der Waals surface area contributed by atoms with Crippen LogP contribution in [0.3, 0.4) is 0 Å². The lowest BCUT2D eigenvalue weighted by atomic mass is 10.1. The van der Waals surface area contributed by atoms with Gasteiger partial charge in [0.05, 0.1) is 6.54 Å². The Kier molecular flexibility index (Phi) is 6.34. The predicted molar refractivity (Wildman–Crippen MR) is 96.8 cm³/mol. The van der Waals surface area contributed by atoms with Gasteiger partial charge in [-0.3, -0.25) is 9.59 Å². The summed E-state index contributed by atoms with van der Waals surface area (Å²) >= 11 is 1.71. The Bertz CT molecular complexity index is 932. The SMILES string of the molecule is Cc1cc(C(=O)C[n+]2cccc(C(N)=O)c2)c(C)n1Cc1cccs1.[Cl-]. The Labute approximate surface area is 162 Å². The van der Waals surface area contributed by atoms with Crippen LogP contribution in [-0.4, -0.2) is 16.3 Å². The molecule has 3 aromatic heterocycles. The number of aromatic nitrogens is 2. The van der Waals surface area contributed by atoms with E-state index in [1.807, 2.05) is 26.0 Å². The summed E-state index contributed by atoms with van der Waals surface area (Å²) in [6.45, 7) is 4.92. The third-order valence-electron chi connectivity index (χ3n) is 4.24. The Morgan fingerprint density at radius 2 is 2.00 bits per heavy atom. The first-order valence-corrected chi connectivity index (χ1v) is 8.85. The minimum Gasteiger partial charge on any atom is -1.00 e. The number of aryl methyl sites for hydroxylation is 1. The quantitative estimate of drug-likeness (QED) is 0.455. The minimum atomic E-state index is -0.504. The van der Waals surface area contributed by atoms with Crippen molar-refractivity contribution in [2.45, 2.75) is 26.9 Å². The summed E-state index contributed by atoms with van der Waals surface area (Å²) in [5.41, 5.74) is 8.42. The van der Waals surface area contributed by atoms with Gasteiger partial charge in [0.2, 0.25) is 12.3 Å². The van der Waals surface area contributed by atoms with Crippen molar-refractivity contribution in [1.82, 2.24) is 4.57 Å². The van der Waals surface area contributed by atoms with Gasteiger partial charge in [-0.25, -0.2) is 0 Å². The van der Waals surface area contributed by atoms with E-state index in [1.165, 1.54) is 4.88 Å². The van der Waals surface area contributed by atoms with Gasteiger partial charge in [-0.15, -0.1) is 11.3 Å². The Morgan fingerprint density at radius 1 is 1.23 bits per heavy atom. The average molecular weight is 390 g/mol. The van der Waals surface area contributed by atoms with Crippen LogP contribution in [0.1, 0.15) is 37.0 Å². The molecule has 0 fully saturated rings. The van der Waals surface area contributed by atoms with Crippen LogP contribution < -0.4 is 22.7 Å². The maximum atomic E-state index is 12.7. The van der Waals surface area contributed by atoms with Crippen LogP contribution in [0.5, 0.6) is 0 Å². The fourth-order valence-corrected chi connectivity index (χ4v) is 3.59. The molecule has 2 N–H and O–H groups in total. The molecular weight excluding hydrogens is 370 g/mol. The second-order valence-electron chi connectivity index (χ2n) is 6.00. The number of nitrogens with zero attached hydrogens (tertiary/aromatic N) is 2. The van der Waals surface area contributed by atoms with Crippen molar-refractivity contribution in [3.05, 3.63) is 75.5 Å². The number of carbonyl (C=O) groups excluding carboxylic acids is 2. The Hall–Kier alpha value is -2.44. The van der Waals surface area contributed by atoms with E-state index < -0.39 is 5.91 Å². The fourth-order valence-electron chi connectivity index (χ4n) is 2.90. The van der Waals surface area contributed by atoms with Gasteiger partial charge in [-0.2, -0.15) is 4.57 Å². The predicted octanol–water partition coefficient (Wildman–Crippen LogP) is -0.512. The maximum absolute atomic E-state index is 12.7. The molecule has 1 amide bonds. The van der Waals surface area contributed by atoms with Crippen LogP contribution in [0.2, 0.25) is 0 Å². The van der Waals surface area contributed by atoms with Crippen molar-refractivity contribution in [2.75, 3.05) is 0 Å². The van der Waals surface area contributed by atoms with Crippen LogP contribution in [0.25, 0.3) is 0 Å². The van der Waals surface area contributed by atoms with E-state index in [0.29, 0.717) is 11.1 Å². The van der Waals surface area contributed by atoms with Gasteiger partial charge in [-0.05, 0) is 37.4 Å². The highest BCUT2D eigenvalue weighted by molar-refractivity contribution is 7.09. The molecule has 3 aromatic rings. The first kappa shape index (κ1) is 19.9. The molecule has 0 bridgehead atoms. The summed E-state index contributed by atoms with van der Waals surface area (Å²) < 4.78 is 3.84. The van der Waals surface area contributed by atoms with E-state index in [9.17, 15) is 9.59 Å². The average Bonchev–Trinajstić information content (AvgIpc) is 3.19. The number of pyridine rings is 1. The minimum absolute atomic E-state index is 0. The second kappa shape index (κ2) is 8.29. The van der Waals surface area contributed by atoms with Crippen LogP contribution in [-0.2, 0) is 13.1 Å². The van der Waals surface area contributed by atoms with Gasteiger partial charge in [-0.1, -0.05) is 6.07 Å². The Morgan fingerprint density at radius 3 is 2.65 bits per heavy atom. The number of hydrogen-bond acceptors (Lipinski definition) is 3. The monoisotopic (exact) mass is 389 g/mol. The number of rotatable bonds is 6. The lowest BCUT2D eigenvalue weighted by Crippen LogP contribution is -3.00. The topological polar surface area (TPSA) is 69.0 Å². The number of thiophene rings is 1. The lowest BCUT2D eigenvalue weighted by molar-refractivity contribution is -0.683. The van der Waals surface area contributed by atoms with Crippen molar-refractivity contribution in [3.63, 3.8) is 0 Å². The third kappa shape index (κ3) is 4.20. The van der Waals surface area contributed by atoms with Gasteiger partial charge in [0, 0.05) is 27.9 Å². The van der Waals surface area contributed by atoms with Crippen molar-refractivity contribution < 1.29 is 26.6 Å². The summed E-state index contributed by atoms with van der Waals surface area (Å²) in [4.78, 5) is 25.3. The largest absolute Gasteiger partial charge is 1.00 e. The zero-order valence-electron chi connectivity index (χ0n) is 14.6. The van der Waals surface area contributed by atoms with E-state index in [-0.39, 0.29) is 24.7 Å². The molecule has 136 valence electrons. The van der Waals surface area contributed by atoms with Crippen LogP contribution in [0.4, 0.5) is 0 Å². The number of carbonyl (C=O) groups is 2. The van der Waals surface area contributed by atoms with E-state index in [1.54, 1.807) is 40.4 Å². The Balaban J connectivity index is 0.00000243. The summed E-state index contributed by atoms with van der Waals surface area (Å²) in [6, 6.07) is 9.41. The first-order chi connectivity index (χ1) is 12.0.